The van der Waals surface area contributed by atoms with Crippen LogP contribution in [-0.4, -0.2) is 23.1 Å². The second kappa shape index (κ2) is 5.92. The molecule has 5 heteroatoms. The summed E-state index contributed by atoms with van der Waals surface area (Å²) in [6.45, 7) is 2.70. The second-order valence-electron chi connectivity index (χ2n) is 4.59. The van der Waals surface area contributed by atoms with Crippen LogP contribution in [0.5, 0.6) is 0 Å². The smallest absolute Gasteiger partial charge is 0.356 e. The molecule has 20 heavy (non-hydrogen) atoms. The Morgan fingerprint density at radius 2 is 2.00 bits per heavy atom. The molecule has 0 aliphatic heterocycles. The third kappa shape index (κ3) is 3.08. The van der Waals surface area contributed by atoms with Crippen molar-refractivity contribution in [2.75, 3.05) is 11.9 Å². The van der Waals surface area contributed by atoms with Gasteiger partial charge in [0.05, 0.1) is 5.02 Å². The van der Waals surface area contributed by atoms with Gasteiger partial charge in [-0.05, 0) is 30.2 Å². The van der Waals surface area contributed by atoms with Crippen LogP contribution in [0.1, 0.15) is 21.6 Å². The molecule has 2 rings (SSSR count). The van der Waals surface area contributed by atoms with E-state index in [2.05, 4.69) is 4.98 Å². The number of carbonyl (C=O) groups is 1. The van der Waals surface area contributed by atoms with E-state index >= 15 is 0 Å². The summed E-state index contributed by atoms with van der Waals surface area (Å²) in [5.74, 6) is -0.545. The van der Waals surface area contributed by atoms with Gasteiger partial charge in [-0.15, -0.1) is 0 Å². The number of aryl methyl sites for hydroxylation is 1. The van der Waals surface area contributed by atoms with Crippen LogP contribution in [0.25, 0.3) is 0 Å². The van der Waals surface area contributed by atoms with E-state index in [-0.39, 0.29) is 10.7 Å². The van der Waals surface area contributed by atoms with Crippen LogP contribution in [0.2, 0.25) is 5.02 Å². The van der Waals surface area contributed by atoms with Gasteiger partial charge in [0, 0.05) is 13.6 Å². The lowest BCUT2D eigenvalue weighted by molar-refractivity contribution is 0.0691. The Balaban J connectivity index is 2.26. The van der Waals surface area contributed by atoms with E-state index in [1.807, 2.05) is 43.1 Å². The van der Waals surface area contributed by atoms with Gasteiger partial charge in [0.2, 0.25) is 0 Å². The molecule has 0 fully saturated rings. The molecule has 0 unspecified atom stereocenters. The lowest BCUT2D eigenvalue weighted by Gasteiger charge is -2.20. The van der Waals surface area contributed by atoms with Crippen LogP contribution in [0.3, 0.4) is 0 Å². The Bertz CT molecular complexity index is 644. The Kier molecular flexibility index (Phi) is 4.25. The summed E-state index contributed by atoms with van der Waals surface area (Å²) in [5.41, 5.74) is 2.23. The van der Waals surface area contributed by atoms with E-state index in [1.165, 1.54) is 11.1 Å². The molecule has 0 radical (unpaired) electrons. The first-order chi connectivity index (χ1) is 9.49. The lowest BCUT2D eigenvalue weighted by atomic mass is 10.1. The third-order valence-corrected chi connectivity index (χ3v) is 3.40. The molecule has 0 aliphatic carbocycles. The van der Waals surface area contributed by atoms with E-state index in [0.717, 1.165) is 0 Å². The number of carboxylic acid groups (broad SMARTS) is 1. The number of pyridine rings is 1. The maximum Gasteiger partial charge on any atom is 0.356 e. The molecular formula is C15H15ClN2O2. The van der Waals surface area contributed by atoms with Gasteiger partial charge in [0.15, 0.2) is 5.69 Å². The van der Waals surface area contributed by atoms with Crippen molar-refractivity contribution in [1.29, 1.82) is 0 Å². The zero-order chi connectivity index (χ0) is 14.7. The molecule has 1 heterocycles. The topological polar surface area (TPSA) is 53.4 Å². The Hall–Kier alpha value is -2.07. The number of carboxylic acids is 1. The number of nitrogens with zero attached hydrogens (tertiary/aromatic N) is 2. The number of halogens is 1. The molecule has 1 aromatic heterocycles. The highest BCUT2D eigenvalue weighted by atomic mass is 35.5. The van der Waals surface area contributed by atoms with Gasteiger partial charge in [-0.25, -0.2) is 9.78 Å². The quantitative estimate of drug-likeness (QED) is 0.938. The Morgan fingerprint density at radius 3 is 2.65 bits per heavy atom. The van der Waals surface area contributed by atoms with Crippen molar-refractivity contribution in [3.8, 4) is 0 Å². The number of anilines is 1. The summed E-state index contributed by atoms with van der Waals surface area (Å²) in [5, 5.41) is 9.18. The van der Waals surface area contributed by atoms with E-state index in [0.29, 0.717) is 12.4 Å². The van der Waals surface area contributed by atoms with Gasteiger partial charge in [0.25, 0.3) is 0 Å². The van der Waals surface area contributed by atoms with Gasteiger partial charge in [-0.3, -0.25) is 0 Å². The fraction of sp³-hybridized carbons (Fsp3) is 0.200. The summed E-state index contributed by atoms with van der Waals surface area (Å²) >= 11 is 5.82. The zero-order valence-corrected chi connectivity index (χ0v) is 12.1. The summed E-state index contributed by atoms with van der Waals surface area (Å²) in [6.07, 6.45) is 0. The van der Waals surface area contributed by atoms with E-state index in [1.54, 1.807) is 12.1 Å². The molecule has 1 N–H and O–H groups in total. The molecule has 1 aromatic carbocycles. The summed E-state index contributed by atoms with van der Waals surface area (Å²) in [7, 11) is 1.87. The van der Waals surface area contributed by atoms with Crippen LogP contribution in [0.15, 0.2) is 36.4 Å². The van der Waals surface area contributed by atoms with Crippen molar-refractivity contribution >= 4 is 23.4 Å². The highest BCUT2D eigenvalue weighted by Gasteiger charge is 2.13. The second-order valence-corrected chi connectivity index (χ2v) is 4.99. The van der Waals surface area contributed by atoms with Crippen LogP contribution in [0, 0.1) is 6.92 Å². The number of aromatic nitrogens is 1. The van der Waals surface area contributed by atoms with Gasteiger partial charge in [-0.2, -0.15) is 0 Å². The van der Waals surface area contributed by atoms with Crippen molar-refractivity contribution < 1.29 is 9.90 Å². The summed E-state index contributed by atoms with van der Waals surface area (Å²) in [4.78, 5) is 17.0. The van der Waals surface area contributed by atoms with Crippen LogP contribution < -0.4 is 4.90 Å². The van der Waals surface area contributed by atoms with Crippen molar-refractivity contribution in [2.24, 2.45) is 0 Å². The Labute approximate surface area is 122 Å². The first kappa shape index (κ1) is 14.3. The first-order valence-corrected chi connectivity index (χ1v) is 6.52. The molecule has 0 aliphatic rings. The molecule has 0 atom stereocenters. The molecule has 0 saturated carbocycles. The first-order valence-electron chi connectivity index (χ1n) is 6.14. The predicted molar refractivity (Wildman–Crippen MR) is 79.5 cm³/mol. The molecule has 0 amide bonds. The van der Waals surface area contributed by atoms with E-state index in [4.69, 9.17) is 16.7 Å². The van der Waals surface area contributed by atoms with Gasteiger partial charge in [0.1, 0.15) is 5.82 Å². The largest absolute Gasteiger partial charge is 0.476 e. The number of hydrogen-bond donors (Lipinski definition) is 1. The average molecular weight is 291 g/mol. The third-order valence-electron chi connectivity index (χ3n) is 3.09. The number of hydrogen-bond acceptors (Lipinski definition) is 3. The van der Waals surface area contributed by atoms with Crippen molar-refractivity contribution in [1.82, 2.24) is 4.98 Å². The number of benzene rings is 1. The summed E-state index contributed by atoms with van der Waals surface area (Å²) < 4.78 is 0. The molecule has 4 nitrogen and oxygen atoms in total. The normalized spacial score (nSPS) is 10.3. The SMILES string of the molecule is Cc1ccccc1CN(C)c1ccc(Cl)c(C(=O)O)n1. The fourth-order valence-corrected chi connectivity index (χ4v) is 2.10. The molecule has 2 aromatic rings. The van der Waals surface area contributed by atoms with Gasteiger partial charge >= 0.3 is 5.97 Å². The molecular weight excluding hydrogens is 276 g/mol. The lowest BCUT2D eigenvalue weighted by Crippen LogP contribution is -2.19. The highest BCUT2D eigenvalue weighted by Crippen LogP contribution is 2.20. The predicted octanol–water partition coefficient (Wildman–Crippen LogP) is 3.38. The molecule has 104 valence electrons. The molecule has 0 spiro atoms. The number of rotatable bonds is 4. The van der Waals surface area contributed by atoms with Gasteiger partial charge < -0.3 is 10.0 Å². The van der Waals surface area contributed by atoms with Crippen molar-refractivity contribution in [3.05, 3.63) is 58.2 Å². The monoisotopic (exact) mass is 290 g/mol. The summed E-state index contributed by atoms with van der Waals surface area (Å²) in [6, 6.07) is 11.3. The minimum Gasteiger partial charge on any atom is -0.476 e. The minimum atomic E-state index is -1.12. The van der Waals surface area contributed by atoms with E-state index in [9.17, 15) is 4.79 Å². The highest BCUT2D eigenvalue weighted by molar-refractivity contribution is 6.33. The van der Waals surface area contributed by atoms with Crippen LogP contribution >= 0.6 is 11.6 Å². The van der Waals surface area contributed by atoms with Crippen LogP contribution in [0.4, 0.5) is 5.82 Å². The fourth-order valence-electron chi connectivity index (χ4n) is 1.92. The average Bonchev–Trinajstić information content (AvgIpc) is 2.41. The molecule has 0 bridgehead atoms. The minimum absolute atomic E-state index is 0.124. The van der Waals surface area contributed by atoms with Crippen molar-refractivity contribution in [3.63, 3.8) is 0 Å². The maximum absolute atomic E-state index is 11.0. The number of aromatic carboxylic acids is 1. The Morgan fingerprint density at radius 1 is 1.30 bits per heavy atom. The molecule has 0 saturated heterocycles. The van der Waals surface area contributed by atoms with Gasteiger partial charge in [-0.1, -0.05) is 35.9 Å². The zero-order valence-electron chi connectivity index (χ0n) is 11.3. The van der Waals surface area contributed by atoms with Crippen molar-refractivity contribution in [2.45, 2.75) is 13.5 Å². The van der Waals surface area contributed by atoms with E-state index < -0.39 is 5.97 Å². The maximum atomic E-state index is 11.0. The standard InChI is InChI=1S/C15H15ClN2O2/c1-10-5-3-4-6-11(10)9-18(2)13-8-7-12(16)14(17-13)15(19)20/h3-8H,9H2,1-2H3,(H,19,20). The van der Waals surface area contributed by atoms with Crippen LogP contribution in [-0.2, 0) is 6.54 Å².